The number of halogens is 1. The normalized spacial score (nSPS) is 10.0. The van der Waals surface area contributed by atoms with Crippen LogP contribution in [-0.4, -0.2) is 19.0 Å². The molecule has 0 radical (unpaired) electrons. The molecule has 0 unspecified atom stereocenters. The number of carbonyl (C=O) groups is 2. The van der Waals surface area contributed by atoms with Crippen LogP contribution in [0.3, 0.4) is 0 Å². The number of anilines is 1. The molecule has 1 heterocycles. The minimum absolute atomic E-state index is 0.0506. The van der Waals surface area contributed by atoms with E-state index in [0.717, 1.165) is 17.0 Å². The Bertz CT molecular complexity index is 741. The van der Waals surface area contributed by atoms with Crippen molar-refractivity contribution in [2.45, 2.75) is 6.61 Å². The molecule has 1 aromatic heterocycles. The topological polar surface area (TPSA) is 64.6 Å². The molecule has 1 amide bonds. The fourth-order valence-electron chi connectivity index (χ4n) is 1.70. The Balaban J connectivity index is 2.00. The molecular formula is C16H14FNO4S. The number of thiophene rings is 1. The largest absolute Gasteiger partial charge is 0.485 e. The number of methoxy groups -OCH3 is 1. The number of benzene rings is 1. The van der Waals surface area contributed by atoms with Gasteiger partial charge in [0, 0.05) is 16.6 Å². The first-order valence-corrected chi connectivity index (χ1v) is 7.38. The van der Waals surface area contributed by atoms with E-state index in [2.05, 4.69) is 16.6 Å². The van der Waals surface area contributed by atoms with Gasteiger partial charge < -0.3 is 14.8 Å². The quantitative estimate of drug-likeness (QED) is 0.649. The highest BCUT2D eigenvalue weighted by atomic mass is 32.1. The summed E-state index contributed by atoms with van der Waals surface area (Å²) < 4.78 is 23.9. The zero-order chi connectivity index (χ0) is 16.8. The van der Waals surface area contributed by atoms with Crippen LogP contribution < -0.4 is 10.1 Å². The molecule has 0 saturated heterocycles. The van der Waals surface area contributed by atoms with Crippen LogP contribution in [0.5, 0.6) is 5.75 Å². The molecular weight excluding hydrogens is 321 g/mol. The lowest BCUT2D eigenvalue weighted by molar-refractivity contribution is -0.111. The monoisotopic (exact) mass is 335 g/mol. The SMILES string of the molecule is C=CC(=O)Nc1ccc(OCc2ccc(C(=O)OC)s2)c(F)c1. The minimum atomic E-state index is -0.600. The van der Waals surface area contributed by atoms with E-state index >= 15 is 0 Å². The third kappa shape index (κ3) is 4.40. The van der Waals surface area contributed by atoms with Gasteiger partial charge in [0.25, 0.3) is 0 Å². The minimum Gasteiger partial charge on any atom is -0.485 e. The van der Waals surface area contributed by atoms with Crippen molar-refractivity contribution in [1.82, 2.24) is 0 Å². The summed E-state index contributed by atoms with van der Waals surface area (Å²) in [4.78, 5) is 23.7. The molecule has 0 bridgehead atoms. The predicted octanol–water partition coefficient (Wildman–Crippen LogP) is 3.38. The fraction of sp³-hybridized carbons (Fsp3) is 0.125. The molecule has 2 rings (SSSR count). The van der Waals surface area contributed by atoms with E-state index in [1.54, 1.807) is 12.1 Å². The van der Waals surface area contributed by atoms with Gasteiger partial charge in [0.1, 0.15) is 11.5 Å². The second-order valence-corrected chi connectivity index (χ2v) is 5.55. The Hall–Kier alpha value is -2.67. The van der Waals surface area contributed by atoms with E-state index in [9.17, 15) is 14.0 Å². The van der Waals surface area contributed by atoms with E-state index in [0.29, 0.717) is 10.6 Å². The standard InChI is InChI=1S/C16H14FNO4S/c1-3-15(19)18-10-4-6-13(12(17)8-10)22-9-11-5-7-14(23-11)16(20)21-2/h3-8H,1,9H2,2H3,(H,18,19). The van der Waals surface area contributed by atoms with Crippen LogP contribution in [0.2, 0.25) is 0 Å². The van der Waals surface area contributed by atoms with Gasteiger partial charge in [-0.3, -0.25) is 4.79 Å². The van der Waals surface area contributed by atoms with E-state index in [1.807, 2.05) is 0 Å². The van der Waals surface area contributed by atoms with Gasteiger partial charge in [-0.1, -0.05) is 6.58 Å². The van der Waals surface area contributed by atoms with Crippen LogP contribution >= 0.6 is 11.3 Å². The molecule has 2 aromatic rings. The number of rotatable bonds is 6. The van der Waals surface area contributed by atoms with Gasteiger partial charge >= 0.3 is 5.97 Å². The number of ether oxygens (including phenoxy) is 2. The number of carbonyl (C=O) groups excluding carboxylic acids is 2. The van der Waals surface area contributed by atoms with Crippen molar-refractivity contribution in [1.29, 1.82) is 0 Å². The summed E-state index contributed by atoms with van der Waals surface area (Å²) >= 11 is 1.22. The van der Waals surface area contributed by atoms with Gasteiger partial charge in [0.05, 0.1) is 7.11 Å². The summed E-state index contributed by atoms with van der Waals surface area (Å²) in [5, 5.41) is 2.45. The highest BCUT2D eigenvalue weighted by Gasteiger charge is 2.11. The molecule has 0 saturated carbocycles. The van der Waals surface area contributed by atoms with E-state index in [-0.39, 0.29) is 12.4 Å². The van der Waals surface area contributed by atoms with Crippen molar-refractivity contribution in [3.8, 4) is 5.75 Å². The van der Waals surface area contributed by atoms with E-state index in [4.69, 9.17) is 4.74 Å². The summed E-state index contributed by atoms with van der Waals surface area (Å²) in [6.07, 6.45) is 1.10. The summed E-state index contributed by atoms with van der Waals surface area (Å²) in [5.74, 6) is -1.40. The first-order valence-electron chi connectivity index (χ1n) is 6.56. The highest BCUT2D eigenvalue weighted by Crippen LogP contribution is 2.24. The fourth-order valence-corrected chi connectivity index (χ4v) is 2.54. The van der Waals surface area contributed by atoms with Crippen molar-refractivity contribution >= 4 is 28.9 Å². The van der Waals surface area contributed by atoms with Gasteiger partial charge in [-0.25, -0.2) is 9.18 Å². The van der Waals surface area contributed by atoms with Gasteiger partial charge in [-0.15, -0.1) is 11.3 Å². The van der Waals surface area contributed by atoms with Crippen LogP contribution in [0, 0.1) is 5.82 Å². The smallest absolute Gasteiger partial charge is 0.348 e. The second kappa shape index (κ2) is 7.55. The number of nitrogens with one attached hydrogen (secondary N) is 1. The summed E-state index contributed by atoms with van der Waals surface area (Å²) in [6, 6.07) is 7.44. The molecule has 0 aliphatic carbocycles. The molecule has 0 atom stereocenters. The van der Waals surface area contributed by atoms with Gasteiger partial charge in [0.15, 0.2) is 11.6 Å². The van der Waals surface area contributed by atoms with Gasteiger partial charge in [0.2, 0.25) is 5.91 Å². The average molecular weight is 335 g/mol. The zero-order valence-corrected chi connectivity index (χ0v) is 13.1. The maximum Gasteiger partial charge on any atom is 0.348 e. The lowest BCUT2D eigenvalue weighted by Gasteiger charge is -2.08. The Kier molecular flexibility index (Phi) is 5.48. The Morgan fingerprint density at radius 2 is 2.13 bits per heavy atom. The van der Waals surface area contributed by atoms with Gasteiger partial charge in [-0.2, -0.15) is 0 Å². The predicted molar refractivity (Wildman–Crippen MR) is 85.2 cm³/mol. The van der Waals surface area contributed by atoms with Crippen molar-refractivity contribution in [2.24, 2.45) is 0 Å². The van der Waals surface area contributed by atoms with Crippen LogP contribution in [0.15, 0.2) is 43.0 Å². The molecule has 0 fully saturated rings. The zero-order valence-electron chi connectivity index (χ0n) is 12.3. The molecule has 120 valence electrons. The van der Waals surface area contributed by atoms with E-state index < -0.39 is 17.7 Å². The van der Waals surface area contributed by atoms with Crippen LogP contribution in [0.4, 0.5) is 10.1 Å². The van der Waals surface area contributed by atoms with Crippen molar-refractivity contribution in [2.75, 3.05) is 12.4 Å². The molecule has 0 aliphatic heterocycles. The first-order chi connectivity index (χ1) is 11.0. The number of amides is 1. The molecule has 1 N–H and O–H groups in total. The van der Waals surface area contributed by atoms with Crippen molar-refractivity contribution in [3.63, 3.8) is 0 Å². The van der Waals surface area contributed by atoms with Crippen LogP contribution in [-0.2, 0) is 16.1 Å². The van der Waals surface area contributed by atoms with Crippen LogP contribution in [0.1, 0.15) is 14.5 Å². The number of esters is 1. The molecule has 1 aromatic carbocycles. The number of hydrogen-bond donors (Lipinski definition) is 1. The van der Waals surface area contributed by atoms with Gasteiger partial charge in [-0.05, 0) is 30.3 Å². The first kappa shape index (κ1) is 16.7. The third-order valence-corrected chi connectivity index (χ3v) is 3.84. The molecule has 0 spiro atoms. The Morgan fingerprint density at radius 1 is 1.35 bits per heavy atom. The number of hydrogen-bond acceptors (Lipinski definition) is 5. The molecule has 7 heteroatoms. The van der Waals surface area contributed by atoms with Crippen molar-refractivity contribution in [3.05, 3.63) is 58.6 Å². The maximum atomic E-state index is 13.9. The third-order valence-electron chi connectivity index (χ3n) is 2.80. The summed E-state index contributed by atoms with van der Waals surface area (Å²) in [5.41, 5.74) is 0.309. The van der Waals surface area contributed by atoms with Crippen LogP contribution in [0.25, 0.3) is 0 Å². The molecule has 23 heavy (non-hydrogen) atoms. The van der Waals surface area contributed by atoms with E-state index in [1.165, 1.54) is 30.6 Å². The molecule has 5 nitrogen and oxygen atoms in total. The average Bonchev–Trinajstić information content (AvgIpc) is 3.02. The molecule has 0 aliphatic rings. The Labute approximate surface area is 136 Å². The summed E-state index contributed by atoms with van der Waals surface area (Å²) in [7, 11) is 1.31. The van der Waals surface area contributed by atoms with Crippen molar-refractivity contribution < 1.29 is 23.5 Å². The highest BCUT2D eigenvalue weighted by molar-refractivity contribution is 7.13. The summed E-state index contributed by atoms with van der Waals surface area (Å²) in [6.45, 7) is 3.44. The lowest BCUT2D eigenvalue weighted by Crippen LogP contribution is -2.07. The lowest BCUT2D eigenvalue weighted by atomic mass is 10.3. The Morgan fingerprint density at radius 3 is 2.78 bits per heavy atom. The maximum absolute atomic E-state index is 13.9. The second-order valence-electron chi connectivity index (χ2n) is 4.38.